The predicted octanol–water partition coefficient (Wildman–Crippen LogP) is 5.27. The van der Waals surface area contributed by atoms with Crippen molar-refractivity contribution in [2.45, 2.75) is 46.5 Å². The third kappa shape index (κ3) is 6.02. The summed E-state index contributed by atoms with van der Waals surface area (Å²) in [6.45, 7) is 13.4. The van der Waals surface area contributed by atoms with E-state index in [4.69, 9.17) is 0 Å². The van der Waals surface area contributed by atoms with E-state index in [0.717, 1.165) is 30.0 Å². The molecule has 0 atom stereocenters. The Bertz CT molecular complexity index is 728. The smallest absolute Gasteiger partial charge is 0.226 e. The molecule has 0 radical (unpaired) electrons. The summed E-state index contributed by atoms with van der Waals surface area (Å²) in [6.07, 6.45) is 0.427. The van der Waals surface area contributed by atoms with Crippen LogP contribution in [0.4, 0.5) is 17.1 Å². The number of hydrogen-bond acceptors (Lipinski definition) is 3. The zero-order valence-electron chi connectivity index (χ0n) is 17.3. The molecule has 0 aliphatic carbocycles. The molecule has 0 aromatic heterocycles. The number of carbonyl (C=O) groups is 1. The average Bonchev–Trinajstić information content (AvgIpc) is 2.63. The summed E-state index contributed by atoms with van der Waals surface area (Å²) >= 11 is 0. The molecule has 0 saturated heterocycles. The number of anilines is 3. The first-order chi connectivity index (χ1) is 12.8. The van der Waals surface area contributed by atoms with Crippen molar-refractivity contribution in [2.24, 2.45) is 0 Å². The first-order valence-corrected chi connectivity index (χ1v) is 9.83. The predicted molar refractivity (Wildman–Crippen MR) is 117 cm³/mol. The first kappa shape index (κ1) is 20.8. The molecule has 2 aromatic rings. The van der Waals surface area contributed by atoms with Crippen LogP contribution in [-0.2, 0) is 10.2 Å². The van der Waals surface area contributed by atoms with Gasteiger partial charge in [0.05, 0.1) is 0 Å². The summed E-state index contributed by atoms with van der Waals surface area (Å²) in [6, 6.07) is 16.4. The van der Waals surface area contributed by atoms with Crippen molar-refractivity contribution in [3.8, 4) is 0 Å². The molecule has 0 bridgehead atoms. The van der Waals surface area contributed by atoms with Gasteiger partial charge >= 0.3 is 0 Å². The largest absolute Gasteiger partial charge is 0.385 e. The number of nitrogens with zero attached hydrogens (tertiary/aromatic N) is 1. The number of nitrogens with one attached hydrogen (secondary N) is 2. The molecule has 0 spiro atoms. The Morgan fingerprint density at radius 1 is 0.963 bits per heavy atom. The van der Waals surface area contributed by atoms with Crippen molar-refractivity contribution in [3.05, 3.63) is 54.1 Å². The number of carbonyl (C=O) groups excluding carboxylic acids is 1. The van der Waals surface area contributed by atoms with Gasteiger partial charge in [0.25, 0.3) is 0 Å². The van der Waals surface area contributed by atoms with Crippen LogP contribution in [0.1, 0.15) is 46.6 Å². The van der Waals surface area contributed by atoms with Crippen molar-refractivity contribution < 1.29 is 4.79 Å². The molecular weight excluding hydrogens is 334 g/mol. The molecule has 2 rings (SSSR count). The van der Waals surface area contributed by atoms with Gasteiger partial charge in [-0.25, -0.2) is 0 Å². The minimum absolute atomic E-state index is 0.00523. The van der Waals surface area contributed by atoms with Gasteiger partial charge in [0.15, 0.2) is 0 Å². The second-order valence-corrected chi connectivity index (χ2v) is 7.74. The maximum Gasteiger partial charge on any atom is 0.226 e. The zero-order valence-corrected chi connectivity index (χ0v) is 17.3. The second-order valence-electron chi connectivity index (χ2n) is 7.74. The highest BCUT2D eigenvalue weighted by Crippen LogP contribution is 2.29. The highest BCUT2D eigenvalue weighted by molar-refractivity contribution is 5.92. The Morgan fingerprint density at radius 3 is 2.19 bits per heavy atom. The summed E-state index contributed by atoms with van der Waals surface area (Å²) < 4.78 is 0. The molecule has 4 nitrogen and oxygen atoms in total. The van der Waals surface area contributed by atoms with Crippen LogP contribution >= 0.6 is 0 Å². The number of rotatable bonds is 8. The van der Waals surface area contributed by atoms with Gasteiger partial charge in [-0.2, -0.15) is 0 Å². The maximum atomic E-state index is 12.3. The van der Waals surface area contributed by atoms with Gasteiger partial charge in [-0.1, -0.05) is 39.0 Å². The molecule has 4 heteroatoms. The Morgan fingerprint density at radius 2 is 1.59 bits per heavy atom. The van der Waals surface area contributed by atoms with E-state index in [1.165, 1.54) is 5.69 Å². The molecule has 0 aliphatic heterocycles. The van der Waals surface area contributed by atoms with Crippen molar-refractivity contribution in [1.82, 2.24) is 0 Å². The van der Waals surface area contributed by atoms with Crippen LogP contribution in [-0.4, -0.2) is 25.5 Å². The Hall–Kier alpha value is -2.49. The minimum atomic E-state index is -0.00523. The van der Waals surface area contributed by atoms with Crippen LogP contribution in [0.15, 0.2) is 48.5 Å². The van der Waals surface area contributed by atoms with Crippen LogP contribution in [0, 0.1) is 0 Å². The van der Waals surface area contributed by atoms with Crippen LogP contribution < -0.4 is 15.5 Å². The van der Waals surface area contributed by atoms with Gasteiger partial charge in [0, 0.05) is 43.1 Å². The molecule has 2 N–H and O–H groups in total. The zero-order chi connectivity index (χ0) is 19.9. The third-order valence-corrected chi connectivity index (χ3v) is 4.69. The number of amides is 1. The number of para-hydroxylation sites is 1. The van der Waals surface area contributed by atoms with E-state index in [9.17, 15) is 4.79 Å². The first-order valence-electron chi connectivity index (χ1n) is 9.83. The Balaban J connectivity index is 1.87. The minimum Gasteiger partial charge on any atom is -0.385 e. The SMILES string of the molecule is CCN(CC)c1ccc(NCCC(=O)Nc2ccccc2C(C)(C)C)cc1. The van der Waals surface area contributed by atoms with Crippen LogP contribution in [0.3, 0.4) is 0 Å². The Labute approximate surface area is 164 Å². The Kier molecular flexibility index (Phi) is 7.28. The maximum absolute atomic E-state index is 12.3. The van der Waals surface area contributed by atoms with Crippen molar-refractivity contribution in [2.75, 3.05) is 35.2 Å². The fourth-order valence-corrected chi connectivity index (χ4v) is 3.16. The lowest BCUT2D eigenvalue weighted by atomic mass is 9.86. The van der Waals surface area contributed by atoms with Crippen molar-refractivity contribution in [3.63, 3.8) is 0 Å². The lowest BCUT2D eigenvalue weighted by Gasteiger charge is -2.23. The quantitative estimate of drug-likeness (QED) is 0.668. The summed E-state index contributed by atoms with van der Waals surface area (Å²) in [7, 11) is 0. The van der Waals surface area contributed by atoms with Crippen LogP contribution in [0.25, 0.3) is 0 Å². The van der Waals surface area contributed by atoms with E-state index in [1.54, 1.807) is 0 Å². The number of benzene rings is 2. The summed E-state index contributed by atoms with van der Waals surface area (Å²) in [4.78, 5) is 14.7. The molecule has 2 aromatic carbocycles. The van der Waals surface area contributed by atoms with E-state index in [0.29, 0.717) is 13.0 Å². The van der Waals surface area contributed by atoms with E-state index in [2.05, 4.69) is 80.5 Å². The molecule has 0 heterocycles. The van der Waals surface area contributed by atoms with E-state index < -0.39 is 0 Å². The van der Waals surface area contributed by atoms with Crippen LogP contribution in [0.2, 0.25) is 0 Å². The number of hydrogen-bond donors (Lipinski definition) is 2. The monoisotopic (exact) mass is 367 g/mol. The second kappa shape index (κ2) is 9.45. The third-order valence-electron chi connectivity index (χ3n) is 4.69. The van der Waals surface area contributed by atoms with Crippen molar-refractivity contribution >= 4 is 23.0 Å². The van der Waals surface area contributed by atoms with E-state index in [1.807, 2.05) is 18.2 Å². The van der Waals surface area contributed by atoms with Gasteiger partial charge in [0.1, 0.15) is 0 Å². The van der Waals surface area contributed by atoms with Gasteiger partial charge in [-0.05, 0) is 55.2 Å². The molecule has 0 saturated carbocycles. The summed E-state index contributed by atoms with van der Waals surface area (Å²) in [5.74, 6) is 0.0268. The van der Waals surface area contributed by atoms with Gasteiger partial charge in [-0.3, -0.25) is 4.79 Å². The van der Waals surface area contributed by atoms with Gasteiger partial charge in [-0.15, -0.1) is 0 Å². The molecular formula is C23H33N3O. The summed E-state index contributed by atoms with van der Waals surface area (Å²) in [5, 5.41) is 6.39. The lowest BCUT2D eigenvalue weighted by molar-refractivity contribution is -0.115. The standard InChI is InChI=1S/C23H33N3O/c1-6-26(7-2)19-14-12-18(13-15-19)24-17-16-22(27)25-21-11-9-8-10-20(21)23(3,4)5/h8-15,24H,6-7,16-17H2,1-5H3,(H,25,27). The molecule has 0 unspecified atom stereocenters. The van der Waals surface area contributed by atoms with E-state index >= 15 is 0 Å². The average molecular weight is 368 g/mol. The normalized spacial score (nSPS) is 11.1. The fourth-order valence-electron chi connectivity index (χ4n) is 3.16. The molecule has 0 fully saturated rings. The molecule has 146 valence electrons. The highest BCUT2D eigenvalue weighted by Gasteiger charge is 2.18. The lowest BCUT2D eigenvalue weighted by Crippen LogP contribution is -2.21. The fraction of sp³-hybridized carbons (Fsp3) is 0.435. The highest BCUT2D eigenvalue weighted by atomic mass is 16.1. The molecule has 1 amide bonds. The van der Waals surface area contributed by atoms with E-state index in [-0.39, 0.29) is 11.3 Å². The van der Waals surface area contributed by atoms with Crippen LogP contribution in [0.5, 0.6) is 0 Å². The van der Waals surface area contributed by atoms with Crippen molar-refractivity contribution in [1.29, 1.82) is 0 Å². The van der Waals surface area contributed by atoms with Gasteiger partial charge in [0.2, 0.25) is 5.91 Å². The summed E-state index contributed by atoms with van der Waals surface area (Å²) in [5.41, 5.74) is 4.31. The topological polar surface area (TPSA) is 44.4 Å². The molecule has 27 heavy (non-hydrogen) atoms. The molecule has 0 aliphatic rings. The van der Waals surface area contributed by atoms with Gasteiger partial charge < -0.3 is 15.5 Å².